The van der Waals surface area contributed by atoms with Crippen molar-refractivity contribution in [1.82, 2.24) is 0 Å². The third kappa shape index (κ3) is 4.07. The van der Waals surface area contributed by atoms with Gasteiger partial charge in [-0.1, -0.05) is 70.7 Å². The van der Waals surface area contributed by atoms with Gasteiger partial charge in [0.15, 0.2) is 0 Å². The SMILES string of the molecule is CC(C)(C)c1ccc(C(O)CCC2CCCC2)cc1. The second-order valence-electron chi connectivity index (χ2n) is 7.12. The van der Waals surface area contributed by atoms with Crippen LogP contribution >= 0.6 is 0 Å². The Bertz CT molecular complexity index is 379. The standard InChI is InChI=1S/C18H28O/c1-18(2,3)16-11-9-15(10-12-16)17(19)13-8-14-6-4-5-7-14/h9-12,14,17,19H,4-8,13H2,1-3H3. The fourth-order valence-electron chi connectivity index (χ4n) is 3.06. The molecule has 1 aliphatic rings. The maximum atomic E-state index is 10.3. The van der Waals surface area contributed by atoms with Crippen LogP contribution in [0.2, 0.25) is 0 Å². The Kier molecular flexibility index (Phi) is 4.67. The van der Waals surface area contributed by atoms with Crippen LogP contribution in [-0.2, 0) is 5.41 Å². The molecule has 0 aromatic heterocycles. The van der Waals surface area contributed by atoms with E-state index in [2.05, 4.69) is 45.0 Å². The van der Waals surface area contributed by atoms with E-state index in [0.29, 0.717) is 0 Å². The first-order valence-electron chi connectivity index (χ1n) is 7.75. The molecule has 0 bridgehead atoms. The summed E-state index contributed by atoms with van der Waals surface area (Å²) >= 11 is 0. The van der Waals surface area contributed by atoms with E-state index in [1.165, 1.54) is 37.7 Å². The number of hydrogen-bond donors (Lipinski definition) is 1. The Hall–Kier alpha value is -0.820. The molecule has 1 fully saturated rings. The lowest BCUT2D eigenvalue weighted by atomic mass is 9.86. The monoisotopic (exact) mass is 260 g/mol. The zero-order valence-electron chi connectivity index (χ0n) is 12.7. The van der Waals surface area contributed by atoms with Crippen LogP contribution < -0.4 is 0 Å². The minimum atomic E-state index is -0.283. The molecule has 0 saturated heterocycles. The largest absolute Gasteiger partial charge is 0.388 e. The minimum absolute atomic E-state index is 0.188. The molecule has 1 saturated carbocycles. The van der Waals surface area contributed by atoms with E-state index in [9.17, 15) is 5.11 Å². The van der Waals surface area contributed by atoms with Crippen LogP contribution in [0.4, 0.5) is 0 Å². The zero-order chi connectivity index (χ0) is 13.9. The summed E-state index contributed by atoms with van der Waals surface area (Å²) in [4.78, 5) is 0. The van der Waals surface area contributed by atoms with E-state index in [-0.39, 0.29) is 11.5 Å². The highest BCUT2D eigenvalue weighted by Gasteiger charge is 2.18. The second kappa shape index (κ2) is 6.09. The summed E-state index contributed by atoms with van der Waals surface area (Å²) in [5.74, 6) is 0.864. The smallest absolute Gasteiger partial charge is 0.0790 e. The van der Waals surface area contributed by atoms with Gasteiger partial charge in [0.2, 0.25) is 0 Å². The van der Waals surface area contributed by atoms with Crippen LogP contribution in [0.15, 0.2) is 24.3 Å². The van der Waals surface area contributed by atoms with Gasteiger partial charge in [-0.15, -0.1) is 0 Å². The van der Waals surface area contributed by atoms with Gasteiger partial charge in [-0.2, -0.15) is 0 Å². The number of aliphatic hydroxyl groups excluding tert-OH is 1. The molecule has 1 nitrogen and oxygen atoms in total. The lowest BCUT2D eigenvalue weighted by molar-refractivity contribution is 0.157. The average Bonchev–Trinajstić information content (AvgIpc) is 2.88. The Morgan fingerprint density at radius 1 is 1.11 bits per heavy atom. The predicted molar refractivity (Wildman–Crippen MR) is 81.3 cm³/mol. The van der Waals surface area contributed by atoms with Gasteiger partial charge in [-0.3, -0.25) is 0 Å². The lowest BCUT2D eigenvalue weighted by Gasteiger charge is -2.20. The Labute approximate surface area is 118 Å². The summed E-state index contributed by atoms with van der Waals surface area (Å²) in [6.07, 6.45) is 7.34. The molecule has 1 unspecified atom stereocenters. The average molecular weight is 260 g/mol. The molecule has 1 N–H and O–H groups in total. The molecule has 1 aromatic rings. The van der Waals surface area contributed by atoms with Gasteiger partial charge in [-0.05, 0) is 35.3 Å². The Morgan fingerprint density at radius 3 is 2.21 bits per heavy atom. The van der Waals surface area contributed by atoms with Crippen LogP contribution in [0.25, 0.3) is 0 Å². The highest BCUT2D eigenvalue weighted by molar-refractivity contribution is 5.28. The number of hydrogen-bond acceptors (Lipinski definition) is 1. The molecule has 1 aromatic carbocycles. The van der Waals surface area contributed by atoms with Gasteiger partial charge in [-0.25, -0.2) is 0 Å². The first kappa shape index (κ1) is 14.6. The quantitative estimate of drug-likeness (QED) is 0.808. The fourth-order valence-corrected chi connectivity index (χ4v) is 3.06. The first-order chi connectivity index (χ1) is 8.97. The molecule has 1 aliphatic carbocycles. The van der Waals surface area contributed by atoms with Crippen LogP contribution in [0, 0.1) is 5.92 Å². The third-order valence-corrected chi connectivity index (χ3v) is 4.48. The molecule has 1 heteroatoms. The van der Waals surface area contributed by atoms with Gasteiger partial charge in [0.25, 0.3) is 0 Å². The van der Waals surface area contributed by atoms with Crippen molar-refractivity contribution in [3.63, 3.8) is 0 Å². The Morgan fingerprint density at radius 2 is 1.68 bits per heavy atom. The fraction of sp³-hybridized carbons (Fsp3) is 0.667. The molecule has 0 heterocycles. The molecule has 0 amide bonds. The molecule has 0 aliphatic heterocycles. The lowest BCUT2D eigenvalue weighted by Crippen LogP contribution is -2.11. The van der Waals surface area contributed by atoms with Crippen molar-refractivity contribution in [3.8, 4) is 0 Å². The number of rotatable bonds is 4. The van der Waals surface area contributed by atoms with Crippen molar-refractivity contribution in [2.24, 2.45) is 5.92 Å². The van der Waals surface area contributed by atoms with E-state index in [0.717, 1.165) is 17.9 Å². The van der Waals surface area contributed by atoms with Crippen LogP contribution in [-0.4, -0.2) is 5.11 Å². The predicted octanol–water partition coefficient (Wildman–Crippen LogP) is 4.99. The molecule has 19 heavy (non-hydrogen) atoms. The van der Waals surface area contributed by atoms with E-state index < -0.39 is 0 Å². The third-order valence-electron chi connectivity index (χ3n) is 4.48. The van der Waals surface area contributed by atoms with Crippen molar-refractivity contribution in [3.05, 3.63) is 35.4 Å². The van der Waals surface area contributed by atoms with E-state index in [4.69, 9.17) is 0 Å². The van der Waals surface area contributed by atoms with E-state index in [1.807, 2.05) is 0 Å². The summed E-state index contributed by atoms with van der Waals surface area (Å²) < 4.78 is 0. The number of aliphatic hydroxyl groups is 1. The summed E-state index contributed by atoms with van der Waals surface area (Å²) in [6, 6.07) is 8.52. The Balaban J connectivity index is 1.89. The van der Waals surface area contributed by atoms with Crippen molar-refractivity contribution < 1.29 is 5.11 Å². The van der Waals surface area contributed by atoms with Crippen molar-refractivity contribution in [2.75, 3.05) is 0 Å². The zero-order valence-corrected chi connectivity index (χ0v) is 12.7. The van der Waals surface area contributed by atoms with E-state index >= 15 is 0 Å². The minimum Gasteiger partial charge on any atom is -0.388 e. The first-order valence-corrected chi connectivity index (χ1v) is 7.75. The molecule has 2 rings (SSSR count). The molecule has 0 radical (unpaired) electrons. The molecule has 0 spiro atoms. The van der Waals surface area contributed by atoms with Gasteiger partial charge in [0, 0.05) is 0 Å². The van der Waals surface area contributed by atoms with Gasteiger partial charge in [0.05, 0.1) is 6.10 Å². The van der Waals surface area contributed by atoms with Gasteiger partial charge >= 0.3 is 0 Å². The maximum absolute atomic E-state index is 10.3. The highest BCUT2D eigenvalue weighted by atomic mass is 16.3. The van der Waals surface area contributed by atoms with Gasteiger partial charge in [0.1, 0.15) is 0 Å². The summed E-state index contributed by atoms with van der Waals surface area (Å²) in [5, 5.41) is 10.3. The highest BCUT2D eigenvalue weighted by Crippen LogP contribution is 2.32. The van der Waals surface area contributed by atoms with E-state index in [1.54, 1.807) is 0 Å². The summed E-state index contributed by atoms with van der Waals surface area (Å²) in [7, 11) is 0. The normalized spacial score (nSPS) is 18.7. The molecule has 1 atom stereocenters. The van der Waals surface area contributed by atoms with Crippen molar-refractivity contribution in [2.45, 2.75) is 70.8 Å². The van der Waals surface area contributed by atoms with Crippen LogP contribution in [0.1, 0.15) is 76.5 Å². The number of benzene rings is 1. The van der Waals surface area contributed by atoms with Crippen molar-refractivity contribution >= 4 is 0 Å². The summed E-state index contributed by atoms with van der Waals surface area (Å²) in [6.45, 7) is 6.66. The maximum Gasteiger partial charge on any atom is 0.0790 e. The van der Waals surface area contributed by atoms with Gasteiger partial charge < -0.3 is 5.11 Å². The van der Waals surface area contributed by atoms with Crippen LogP contribution in [0.5, 0.6) is 0 Å². The topological polar surface area (TPSA) is 20.2 Å². The molecular weight excluding hydrogens is 232 g/mol. The van der Waals surface area contributed by atoms with Crippen molar-refractivity contribution in [1.29, 1.82) is 0 Å². The molecular formula is C18H28O. The summed E-state index contributed by atoms with van der Waals surface area (Å²) in [5.41, 5.74) is 2.60. The van der Waals surface area contributed by atoms with Crippen LogP contribution in [0.3, 0.4) is 0 Å². The molecule has 106 valence electrons. The second-order valence-corrected chi connectivity index (χ2v) is 7.12.